The number of nitrogens with one attached hydrogen (secondary N) is 1. The van der Waals surface area contributed by atoms with Gasteiger partial charge in [-0.3, -0.25) is 0 Å². The van der Waals surface area contributed by atoms with Crippen molar-refractivity contribution in [1.82, 2.24) is 5.32 Å². The Morgan fingerprint density at radius 2 is 2.50 bits per heavy atom. The third-order valence-corrected chi connectivity index (χ3v) is 2.07. The molecule has 1 rings (SSSR count). The first-order valence-electron chi connectivity index (χ1n) is 3.61. The fourth-order valence-electron chi connectivity index (χ4n) is 0.979. The molecule has 1 amide bonds. The largest absolute Gasteiger partial charge is 0.449 e. The molecule has 3 heteroatoms. The van der Waals surface area contributed by atoms with Crippen LogP contribution in [-0.4, -0.2) is 18.2 Å². The SMILES string of the molecule is CCC1(C)CCOC(=O)N1. The van der Waals surface area contributed by atoms with E-state index in [-0.39, 0.29) is 11.6 Å². The molecule has 0 aromatic rings. The van der Waals surface area contributed by atoms with Crippen LogP contribution in [0.2, 0.25) is 0 Å². The highest BCUT2D eigenvalue weighted by Crippen LogP contribution is 2.17. The summed E-state index contributed by atoms with van der Waals surface area (Å²) in [5.41, 5.74) is -0.0324. The number of carbonyl (C=O) groups excluding carboxylic acids is 1. The Hall–Kier alpha value is -0.730. The number of ether oxygens (including phenoxy) is 1. The average Bonchev–Trinajstić information content (AvgIpc) is 1.88. The molecule has 1 atom stereocenters. The van der Waals surface area contributed by atoms with Crippen LogP contribution in [-0.2, 0) is 4.74 Å². The summed E-state index contributed by atoms with van der Waals surface area (Å²) in [6.45, 7) is 4.65. The number of cyclic esters (lactones) is 1. The van der Waals surface area contributed by atoms with E-state index in [1.807, 2.05) is 6.92 Å². The Morgan fingerprint density at radius 1 is 1.80 bits per heavy atom. The molecule has 1 saturated heterocycles. The molecular weight excluding hydrogens is 130 g/mol. The van der Waals surface area contributed by atoms with Gasteiger partial charge in [0.1, 0.15) is 0 Å². The third-order valence-electron chi connectivity index (χ3n) is 2.07. The van der Waals surface area contributed by atoms with Gasteiger partial charge in [0, 0.05) is 12.0 Å². The van der Waals surface area contributed by atoms with Crippen LogP contribution in [0.4, 0.5) is 4.79 Å². The Bertz CT molecular complexity index is 147. The van der Waals surface area contributed by atoms with Crippen molar-refractivity contribution in [2.45, 2.75) is 32.2 Å². The van der Waals surface area contributed by atoms with Crippen LogP contribution in [0.5, 0.6) is 0 Å². The molecule has 0 aromatic carbocycles. The lowest BCUT2D eigenvalue weighted by molar-refractivity contribution is 0.0909. The van der Waals surface area contributed by atoms with Crippen LogP contribution in [0.3, 0.4) is 0 Å². The van der Waals surface area contributed by atoms with Crippen molar-refractivity contribution in [2.75, 3.05) is 6.61 Å². The van der Waals surface area contributed by atoms with Crippen molar-refractivity contribution >= 4 is 6.09 Å². The number of carbonyl (C=O) groups is 1. The highest BCUT2D eigenvalue weighted by Gasteiger charge is 2.28. The lowest BCUT2D eigenvalue weighted by Gasteiger charge is -2.32. The highest BCUT2D eigenvalue weighted by atomic mass is 16.6. The molecular formula is C7H13NO2. The molecule has 58 valence electrons. The molecule has 1 aliphatic heterocycles. The van der Waals surface area contributed by atoms with Crippen molar-refractivity contribution in [3.05, 3.63) is 0 Å². The number of hydrogen-bond acceptors (Lipinski definition) is 2. The van der Waals surface area contributed by atoms with Gasteiger partial charge in [-0.25, -0.2) is 4.79 Å². The van der Waals surface area contributed by atoms with Crippen LogP contribution in [0, 0.1) is 0 Å². The van der Waals surface area contributed by atoms with E-state index >= 15 is 0 Å². The van der Waals surface area contributed by atoms with Gasteiger partial charge in [-0.05, 0) is 13.3 Å². The molecule has 0 bridgehead atoms. The first-order chi connectivity index (χ1) is 4.66. The Balaban J connectivity index is 2.53. The van der Waals surface area contributed by atoms with Crippen molar-refractivity contribution in [3.63, 3.8) is 0 Å². The van der Waals surface area contributed by atoms with E-state index in [2.05, 4.69) is 12.2 Å². The summed E-state index contributed by atoms with van der Waals surface area (Å²) in [6.07, 6.45) is 1.59. The molecule has 1 heterocycles. The van der Waals surface area contributed by atoms with Gasteiger partial charge in [-0.1, -0.05) is 6.92 Å². The predicted octanol–water partition coefficient (Wildman–Crippen LogP) is 1.28. The third kappa shape index (κ3) is 1.40. The normalized spacial score (nSPS) is 32.8. The van der Waals surface area contributed by atoms with Gasteiger partial charge in [-0.2, -0.15) is 0 Å². The molecule has 1 aliphatic rings. The first-order valence-corrected chi connectivity index (χ1v) is 3.61. The summed E-state index contributed by atoms with van der Waals surface area (Å²) in [6, 6.07) is 0. The lowest BCUT2D eigenvalue weighted by Crippen LogP contribution is -2.50. The summed E-state index contributed by atoms with van der Waals surface area (Å²) in [5.74, 6) is 0. The lowest BCUT2D eigenvalue weighted by atomic mass is 9.94. The van der Waals surface area contributed by atoms with Crippen molar-refractivity contribution in [2.24, 2.45) is 0 Å². The Kier molecular flexibility index (Phi) is 1.83. The van der Waals surface area contributed by atoms with Crippen molar-refractivity contribution in [3.8, 4) is 0 Å². The van der Waals surface area contributed by atoms with Crippen LogP contribution >= 0.6 is 0 Å². The average molecular weight is 143 g/mol. The van der Waals surface area contributed by atoms with E-state index < -0.39 is 0 Å². The molecule has 1 unspecified atom stereocenters. The molecule has 10 heavy (non-hydrogen) atoms. The quantitative estimate of drug-likeness (QED) is 0.600. The second-order valence-electron chi connectivity index (χ2n) is 2.93. The number of alkyl carbamates (subject to hydrolysis) is 1. The minimum Gasteiger partial charge on any atom is -0.449 e. The van der Waals surface area contributed by atoms with Crippen LogP contribution in [0.1, 0.15) is 26.7 Å². The second kappa shape index (κ2) is 2.48. The summed E-state index contributed by atoms with van der Waals surface area (Å²) in [4.78, 5) is 10.7. The van der Waals surface area contributed by atoms with Gasteiger partial charge in [0.25, 0.3) is 0 Å². The van der Waals surface area contributed by atoms with E-state index in [4.69, 9.17) is 4.74 Å². The molecule has 0 aliphatic carbocycles. The van der Waals surface area contributed by atoms with Crippen molar-refractivity contribution in [1.29, 1.82) is 0 Å². The molecule has 0 spiro atoms. The summed E-state index contributed by atoms with van der Waals surface area (Å²) >= 11 is 0. The standard InChI is InChI=1S/C7H13NO2/c1-3-7(2)4-5-10-6(9)8-7/h3-5H2,1-2H3,(H,8,9). The maximum Gasteiger partial charge on any atom is 0.407 e. The van der Waals surface area contributed by atoms with Crippen LogP contribution < -0.4 is 5.32 Å². The molecule has 0 saturated carbocycles. The number of hydrogen-bond donors (Lipinski definition) is 1. The molecule has 0 aromatic heterocycles. The summed E-state index contributed by atoms with van der Waals surface area (Å²) < 4.78 is 4.73. The maximum atomic E-state index is 10.7. The fraction of sp³-hybridized carbons (Fsp3) is 0.857. The maximum absolute atomic E-state index is 10.7. The minimum absolute atomic E-state index is 0.0324. The van der Waals surface area contributed by atoms with Gasteiger partial charge in [0.2, 0.25) is 0 Å². The molecule has 0 radical (unpaired) electrons. The highest BCUT2D eigenvalue weighted by molar-refractivity contribution is 5.68. The van der Waals surface area contributed by atoms with Gasteiger partial charge in [-0.15, -0.1) is 0 Å². The minimum atomic E-state index is -0.282. The van der Waals surface area contributed by atoms with E-state index in [9.17, 15) is 4.79 Å². The summed E-state index contributed by atoms with van der Waals surface area (Å²) in [5, 5.41) is 2.78. The summed E-state index contributed by atoms with van der Waals surface area (Å²) in [7, 11) is 0. The van der Waals surface area contributed by atoms with Crippen molar-refractivity contribution < 1.29 is 9.53 Å². The first kappa shape index (κ1) is 7.38. The molecule has 3 nitrogen and oxygen atoms in total. The monoisotopic (exact) mass is 143 g/mol. The van der Waals surface area contributed by atoms with E-state index in [0.717, 1.165) is 12.8 Å². The Labute approximate surface area is 60.7 Å². The van der Waals surface area contributed by atoms with Gasteiger partial charge in [0.15, 0.2) is 0 Å². The topological polar surface area (TPSA) is 38.3 Å². The van der Waals surface area contributed by atoms with Crippen LogP contribution in [0.15, 0.2) is 0 Å². The smallest absolute Gasteiger partial charge is 0.407 e. The Morgan fingerprint density at radius 3 is 2.90 bits per heavy atom. The van der Waals surface area contributed by atoms with E-state index in [1.54, 1.807) is 0 Å². The zero-order valence-electron chi connectivity index (χ0n) is 6.44. The van der Waals surface area contributed by atoms with E-state index in [1.165, 1.54) is 0 Å². The van der Waals surface area contributed by atoms with E-state index in [0.29, 0.717) is 6.61 Å². The fourth-order valence-corrected chi connectivity index (χ4v) is 0.979. The van der Waals surface area contributed by atoms with Gasteiger partial charge >= 0.3 is 6.09 Å². The predicted molar refractivity (Wildman–Crippen MR) is 37.8 cm³/mol. The molecule has 1 fully saturated rings. The number of rotatable bonds is 1. The number of amides is 1. The zero-order chi connectivity index (χ0) is 7.61. The van der Waals surface area contributed by atoms with Crippen LogP contribution in [0.25, 0.3) is 0 Å². The molecule has 1 N–H and O–H groups in total. The second-order valence-corrected chi connectivity index (χ2v) is 2.93. The van der Waals surface area contributed by atoms with Gasteiger partial charge in [0.05, 0.1) is 6.61 Å². The van der Waals surface area contributed by atoms with Gasteiger partial charge < -0.3 is 10.1 Å². The zero-order valence-corrected chi connectivity index (χ0v) is 6.44.